The Bertz CT molecular complexity index is 1170. The third-order valence-electron chi connectivity index (χ3n) is 5.97. The predicted octanol–water partition coefficient (Wildman–Crippen LogP) is 5.21. The van der Waals surface area contributed by atoms with Gasteiger partial charge in [-0.2, -0.15) is 5.26 Å². The average Bonchev–Trinajstić information content (AvgIpc) is 3.13. The van der Waals surface area contributed by atoms with Gasteiger partial charge in [-0.25, -0.2) is 4.98 Å². The van der Waals surface area contributed by atoms with Crippen molar-refractivity contribution in [2.45, 2.75) is 57.8 Å². The van der Waals surface area contributed by atoms with Gasteiger partial charge in [-0.15, -0.1) is 22.7 Å². The van der Waals surface area contributed by atoms with Crippen LogP contribution in [0.1, 0.15) is 69.0 Å². The molecule has 5 nitrogen and oxygen atoms in total. The Morgan fingerprint density at radius 1 is 1.10 bits per heavy atom. The van der Waals surface area contributed by atoms with E-state index in [0.29, 0.717) is 21.1 Å². The van der Waals surface area contributed by atoms with Gasteiger partial charge in [-0.3, -0.25) is 4.79 Å². The molecular weight excluding hydrogens is 400 g/mol. The van der Waals surface area contributed by atoms with Crippen LogP contribution in [0.2, 0.25) is 0 Å². The minimum atomic E-state index is -0.240. The number of hydrogen-bond acceptors (Lipinski definition) is 6. The normalized spacial score (nSPS) is 16.0. The van der Waals surface area contributed by atoms with E-state index in [1.54, 1.807) is 0 Å². The van der Waals surface area contributed by atoms with Crippen molar-refractivity contribution in [3.63, 3.8) is 0 Å². The fourth-order valence-corrected chi connectivity index (χ4v) is 6.66. The van der Waals surface area contributed by atoms with Gasteiger partial charge in [-0.1, -0.05) is 6.42 Å². The summed E-state index contributed by atoms with van der Waals surface area (Å²) in [6.07, 6.45) is 9.77. The Labute approximate surface area is 177 Å². The van der Waals surface area contributed by atoms with Crippen LogP contribution in [0, 0.1) is 11.3 Å². The molecule has 3 aromatic rings. The highest BCUT2D eigenvalue weighted by Gasteiger charge is 2.25. The van der Waals surface area contributed by atoms with E-state index in [9.17, 15) is 10.1 Å². The van der Waals surface area contributed by atoms with Crippen molar-refractivity contribution in [2.75, 3.05) is 11.1 Å². The van der Waals surface area contributed by atoms with Gasteiger partial charge in [0.05, 0.1) is 11.3 Å². The van der Waals surface area contributed by atoms with E-state index < -0.39 is 0 Å². The molecule has 3 aromatic heterocycles. The largest absolute Gasteiger partial charge is 0.397 e. The van der Waals surface area contributed by atoms with Crippen LogP contribution in [0.25, 0.3) is 10.2 Å². The molecule has 29 heavy (non-hydrogen) atoms. The average molecular weight is 423 g/mol. The lowest BCUT2D eigenvalue weighted by Gasteiger charge is -2.09. The van der Waals surface area contributed by atoms with Crippen molar-refractivity contribution in [1.29, 1.82) is 5.26 Å². The summed E-state index contributed by atoms with van der Waals surface area (Å²) in [4.78, 5) is 20.4. The standard InChI is InChI=1S/C22H22N4OS2/c23-11-15-13-7-4-5-9-17(13)28-22(15)26-20(27)19-18(24)14-10-12-6-2-1-3-8-16(12)25-21(14)29-19/h10H,1-9,24H2,(H,26,27). The number of fused-ring (bicyclic) bond motifs is 3. The molecule has 0 fully saturated rings. The van der Waals surface area contributed by atoms with E-state index >= 15 is 0 Å². The third kappa shape index (κ3) is 3.21. The van der Waals surface area contributed by atoms with Gasteiger partial charge in [0, 0.05) is 16.0 Å². The Balaban J connectivity index is 1.50. The van der Waals surface area contributed by atoms with Gasteiger partial charge in [-0.05, 0) is 68.6 Å². The molecule has 148 valence electrons. The van der Waals surface area contributed by atoms with Crippen molar-refractivity contribution in [3.05, 3.63) is 38.2 Å². The molecule has 0 bridgehead atoms. The maximum atomic E-state index is 13.1. The zero-order valence-electron chi connectivity index (χ0n) is 16.1. The zero-order chi connectivity index (χ0) is 20.0. The Hall–Kier alpha value is -2.43. The number of anilines is 2. The van der Waals surface area contributed by atoms with Gasteiger partial charge >= 0.3 is 0 Å². The van der Waals surface area contributed by atoms with E-state index in [0.717, 1.165) is 60.0 Å². The van der Waals surface area contributed by atoms with Gasteiger partial charge in [0.2, 0.25) is 0 Å². The molecule has 0 unspecified atom stereocenters. The van der Waals surface area contributed by atoms with Crippen LogP contribution in [-0.2, 0) is 25.7 Å². The van der Waals surface area contributed by atoms with Crippen LogP contribution in [0.4, 0.5) is 10.7 Å². The summed E-state index contributed by atoms with van der Waals surface area (Å²) in [6, 6.07) is 4.44. The minimum absolute atomic E-state index is 0.240. The van der Waals surface area contributed by atoms with Crippen molar-refractivity contribution in [2.24, 2.45) is 0 Å². The first-order valence-electron chi connectivity index (χ1n) is 10.2. The molecule has 0 spiro atoms. The SMILES string of the molecule is N#Cc1c(NC(=O)c2sc3nc4c(cc3c2N)CCCCC4)sc2c1CCCC2. The minimum Gasteiger partial charge on any atom is -0.397 e. The molecule has 0 aromatic carbocycles. The molecule has 3 N–H and O–H groups in total. The van der Waals surface area contributed by atoms with Crippen LogP contribution in [0.15, 0.2) is 6.07 Å². The van der Waals surface area contributed by atoms with Crippen LogP contribution < -0.4 is 11.1 Å². The molecule has 0 saturated heterocycles. The summed E-state index contributed by atoms with van der Waals surface area (Å²) < 4.78 is 0. The second-order valence-electron chi connectivity index (χ2n) is 7.83. The van der Waals surface area contributed by atoms with E-state index in [1.165, 1.54) is 52.4 Å². The van der Waals surface area contributed by atoms with E-state index in [1.807, 2.05) is 0 Å². The number of hydrogen-bond donors (Lipinski definition) is 2. The number of nitrogens with one attached hydrogen (secondary N) is 1. The lowest BCUT2D eigenvalue weighted by atomic mass is 9.96. The predicted molar refractivity (Wildman–Crippen MR) is 119 cm³/mol. The molecule has 0 atom stereocenters. The van der Waals surface area contributed by atoms with Crippen molar-refractivity contribution < 1.29 is 4.79 Å². The summed E-state index contributed by atoms with van der Waals surface area (Å²) >= 11 is 2.89. The molecule has 2 aliphatic rings. The molecule has 0 aliphatic heterocycles. The Morgan fingerprint density at radius 2 is 1.90 bits per heavy atom. The first-order valence-corrected chi connectivity index (χ1v) is 11.9. The lowest BCUT2D eigenvalue weighted by Crippen LogP contribution is -2.12. The van der Waals surface area contributed by atoms with E-state index in [2.05, 4.69) is 17.5 Å². The summed E-state index contributed by atoms with van der Waals surface area (Å²) in [7, 11) is 0. The third-order valence-corrected chi connectivity index (χ3v) is 8.29. The summed E-state index contributed by atoms with van der Waals surface area (Å²) in [5, 5.41) is 14.1. The maximum Gasteiger partial charge on any atom is 0.268 e. The molecule has 0 saturated carbocycles. The van der Waals surface area contributed by atoms with Crippen LogP contribution in [0.5, 0.6) is 0 Å². The highest BCUT2D eigenvalue weighted by atomic mass is 32.1. The van der Waals surface area contributed by atoms with Crippen molar-refractivity contribution in [1.82, 2.24) is 4.98 Å². The number of thiophene rings is 2. The number of nitrogens with zero attached hydrogens (tertiary/aromatic N) is 2. The zero-order valence-corrected chi connectivity index (χ0v) is 17.8. The molecule has 7 heteroatoms. The van der Waals surface area contributed by atoms with E-state index in [4.69, 9.17) is 10.7 Å². The summed E-state index contributed by atoms with van der Waals surface area (Å²) in [5.41, 5.74) is 11.1. The molecule has 2 aliphatic carbocycles. The lowest BCUT2D eigenvalue weighted by molar-refractivity contribution is 0.103. The Kier molecular flexibility index (Phi) is 4.76. The highest BCUT2D eigenvalue weighted by molar-refractivity contribution is 7.21. The van der Waals surface area contributed by atoms with Crippen LogP contribution in [-0.4, -0.2) is 10.9 Å². The van der Waals surface area contributed by atoms with Crippen LogP contribution >= 0.6 is 22.7 Å². The number of nitrogens with two attached hydrogens (primary N) is 1. The van der Waals surface area contributed by atoms with Gasteiger partial charge in [0.25, 0.3) is 5.91 Å². The summed E-state index contributed by atoms with van der Waals surface area (Å²) in [6.45, 7) is 0. The number of aromatic nitrogens is 1. The number of amides is 1. The first-order chi connectivity index (χ1) is 14.2. The van der Waals surface area contributed by atoms with Gasteiger partial charge < -0.3 is 11.1 Å². The number of nitriles is 1. The number of nitrogen functional groups attached to an aromatic ring is 1. The second-order valence-corrected chi connectivity index (χ2v) is 9.94. The van der Waals surface area contributed by atoms with Crippen LogP contribution in [0.3, 0.4) is 0 Å². The van der Waals surface area contributed by atoms with Gasteiger partial charge in [0.15, 0.2) is 0 Å². The number of carbonyl (C=O) groups excluding carboxylic acids is 1. The molecule has 5 rings (SSSR count). The van der Waals surface area contributed by atoms with Gasteiger partial charge in [0.1, 0.15) is 20.8 Å². The number of pyridine rings is 1. The fourth-order valence-electron chi connectivity index (χ4n) is 4.44. The fraction of sp³-hybridized carbons (Fsp3) is 0.409. The highest BCUT2D eigenvalue weighted by Crippen LogP contribution is 2.39. The molecular formula is C22H22N4OS2. The molecule has 3 heterocycles. The van der Waals surface area contributed by atoms with Crippen molar-refractivity contribution in [3.8, 4) is 6.07 Å². The smallest absolute Gasteiger partial charge is 0.268 e. The quantitative estimate of drug-likeness (QED) is 0.554. The number of rotatable bonds is 2. The summed E-state index contributed by atoms with van der Waals surface area (Å²) in [5.74, 6) is -0.240. The number of carbonyl (C=O) groups is 1. The number of aryl methyl sites for hydroxylation is 3. The second kappa shape index (κ2) is 7.43. The first kappa shape index (κ1) is 18.6. The molecule has 1 amide bonds. The maximum absolute atomic E-state index is 13.1. The molecule has 0 radical (unpaired) electrons. The van der Waals surface area contributed by atoms with Crippen molar-refractivity contribution >= 4 is 49.5 Å². The van der Waals surface area contributed by atoms with E-state index in [-0.39, 0.29) is 5.91 Å². The topological polar surface area (TPSA) is 91.8 Å². The Morgan fingerprint density at radius 3 is 2.76 bits per heavy atom. The monoisotopic (exact) mass is 422 g/mol.